The highest BCUT2D eigenvalue weighted by atomic mass is 15.2. The van der Waals surface area contributed by atoms with Gasteiger partial charge in [0, 0.05) is 17.5 Å². The summed E-state index contributed by atoms with van der Waals surface area (Å²) in [6, 6.07) is 10.1. The number of aromatic nitrogens is 4. The molecule has 0 amide bonds. The third kappa shape index (κ3) is 1.58. The number of imidazole rings is 1. The molecule has 2 heterocycles. The highest BCUT2D eigenvalue weighted by Gasteiger charge is 2.08. The SMILES string of the molecule is Cc1nnc2nc(-c3ccccc3)cn2c1C. The Morgan fingerprint density at radius 2 is 1.76 bits per heavy atom. The molecule has 4 heteroatoms. The standard InChI is InChI=1S/C13H12N4/c1-9-10(2)17-8-12(14-13(17)16-15-9)11-6-4-3-5-7-11/h3-8H,1-2H3. The van der Waals surface area contributed by atoms with Crippen molar-refractivity contribution in [3.8, 4) is 11.3 Å². The largest absolute Gasteiger partial charge is 0.285 e. The molecular formula is C13H12N4. The van der Waals surface area contributed by atoms with Crippen LogP contribution in [0.5, 0.6) is 0 Å². The molecule has 0 aliphatic carbocycles. The first-order valence-corrected chi connectivity index (χ1v) is 5.50. The molecule has 0 aliphatic heterocycles. The Labute approximate surface area is 99.0 Å². The first-order valence-electron chi connectivity index (χ1n) is 5.50. The number of fused-ring (bicyclic) bond motifs is 1. The summed E-state index contributed by atoms with van der Waals surface area (Å²) in [5.41, 5.74) is 4.02. The van der Waals surface area contributed by atoms with Gasteiger partial charge in [-0.2, -0.15) is 5.10 Å². The third-order valence-electron chi connectivity index (χ3n) is 2.93. The van der Waals surface area contributed by atoms with Gasteiger partial charge in [-0.1, -0.05) is 30.3 Å². The van der Waals surface area contributed by atoms with Gasteiger partial charge in [-0.25, -0.2) is 4.98 Å². The maximum atomic E-state index is 4.47. The molecule has 84 valence electrons. The topological polar surface area (TPSA) is 43.1 Å². The van der Waals surface area contributed by atoms with Crippen LogP contribution >= 0.6 is 0 Å². The molecular weight excluding hydrogens is 212 g/mol. The Morgan fingerprint density at radius 1 is 1.00 bits per heavy atom. The number of hydrogen-bond acceptors (Lipinski definition) is 3. The number of nitrogens with zero attached hydrogens (tertiary/aromatic N) is 4. The van der Waals surface area contributed by atoms with E-state index >= 15 is 0 Å². The lowest BCUT2D eigenvalue weighted by Gasteiger charge is -1.99. The van der Waals surface area contributed by atoms with Crippen LogP contribution in [0.4, 0.5) is 0 Å². The second-order valence-corrected chi connectivity index (χ2v) is 4.03. The van der Waals surface area contributed by atoms with Crippen molar-refractivity contribution in [2.45, 2.75) is 13.8 Å². The molecule has 0 saturated heterocycles. The molecule has 0 bridgehead atoms. The lowest BCUT2D eigenvalue weighted by molar-refractivity contribution is 0.887. The zero-order valence-corrected chi connectivity index (χ0v) is 9.75. The van der Waals surface area contributed by atoms with Gasteiger partial charge in [0.2, 0.25) is 0 Å². The fourth-order valence-corrected chi connectivity index (χ4v) is 1.80. The van der Waals surface area contributed by atoms with Crippen molar-refractivity contribution >= 4 is 5.78 Å². The van der Waals surface area contributed by atoms with Crippen molar-refractivity contribution in [1.29, 1.82) is 0 Å². The molecule has 1 aromatic carbocycles. The number of benzene rings is 1. The third-order valence-corrected chi connectivity index (χ3v) is 2.93. The Hall–Kier alpha value is -2.23. The van der Waals surface area contributed by atoms with E-state index in [9.17, 15) is 0 Å². The zero-order chi connectivity index (χ0) is 11.8. The van der Waals surface area contributed by atoms with Crippen LogP contribution in [0.25, 0.3) is 17.0 Å². The van der Waals surface area contributed by atoms with Crippen LogP contribution in [0, 0.1) is 13.8 Å². The Morgan fingerprint density at radius 3 is 2.53 bits per heavy atom. The highest BCUT2D eigenvalue weighted by molar-refractivity contribution is 5.61. The second kappa shape index (κ2) is 3.66. The minimum absolute atomic E-state index is 0.645. The predicted octanol–water partition coefficient (Wildman–Crippen LogP) is 2.41. The molecule has 3 aromatic rings. The maximum absolute atomic E-state index is 4.47. The van der Waals surface area contributed by atoms with Gasteiger partial charge in [0.25, 0.3) is 5.78 Å². The summed E-state index contributed by atoms with van der Waals surface area (Å²) in [4.78, 5) is 4.47. The van der Waals surface area contributed by atoms with Crippen molar-refractivity contribution in [3.05, 3.63) is 47.9 Å². The number of aryl methyl sites for hydroxylation is 2. The summed E-state index contributed by atoms with van der Waals surface area (Å²) in [5, 5.41) is 8.17. The van der Waals surface area contributed by atoms with Crippen molar-refractivity contribution in [1.82, 2.24) is 19.6 Å². The number of hydrogen-bond donors (Lipinski definition) is 0. The molecule has 0 spiro atoms. The molecule has 2 aromatic heterocycles. The first-order chi connectivity index (χ1) is 8.25. The first kappa shape index (κ1) is 9.96. The van der Waals surface area contributed by atoms with E-state index in [-0.39, 0.29) is 0 Å². The van der Waals surface area contributed by atoms with Gasteiger partial charge < -0.3 is 0 Å². The average Bonchev–Trinajstić information content (AvgIpc) is 2.80. The number of rotatable bonds is 1. The molecule has 0 atom stereocenters. The van der Waals surface area contributed by atoms with Crippen LogP contribution in [-0.4, -0.2) is 19.6 Å². The average molecular weight is 224 g/mol. The summed E-state index contributed by atoms with van der Waals surface area (Å²) in [5.74, 6) is 0.645. The van der Waals surface area contributed by atoms with Gasteiger partial charge in [0.1, 0.15) is 0 Å². The van der Waals surface area contributed by atoms with Crippen LogP contribution in [0.15, 0.2) is 36.5 Å². The molecule has 0 aliphatic rings. The van der Waals surface area contributed by atoms with E-state index in [2.05, 4.69) is 15.2 Å². The molecule has 0 N–H and O–H groups in total. The molecule has 0 saturated carbocycles. The van der Waals surface area contributed by atoms with E-state index in [1.54, 1.807) is 0 Å². The van der Waals surface area contributed by atoms with E-state index in [0.29, 0.717) is 5.78 Å². The Kier molecular flexibility index (Phi) is 2.14. The van der Waals surface area contributed by atoms with Crippen molar-refractivity contribution in [2.24, 2.45) is 0 Å². The maximum Gasteiger partial charge on any atom is 0.254 e. The van der Waals surface area contributed by atoms with Crippen LogP contribution < -0.4 is 0 Å². The van der Waals surface area contributed by atoms with Crippen LogP contribution in [0.2, 0.25) is 0 Å². The second-order valence-electron chi connectivity index (χ2n) is 4.03. The van der Waals surface area contributed by atoms with Crippen LogP contribution in [0.3, 0.4) is 0 Å². The molecule has 17 heavy (non-hydrogen) atoms. The van der Waals surface area contributed by atoms with Crippen LogP contribution in [-0.2, 0) is 0 Å². The smallest absolute Gasteiger partial charge is 0.254 e. The zero-order valence-electron chi connectivity index (χ0n) is 9.75. The summed E-state index contributed by atoms with van der Waals surface area (Å²) < 4.78 is 1.98. The summed E-state index contributed by atoms with van der Waals surface area (Å²) in [6.07, 6.45) is 2.00. The molecule has 3 rings (SSSR count). The summed E-state index contributed by atoms with van der Waals surface area (Å²) in [7, 11) is 0. The normalized spacial score (nSPS) is 10.9. The quantitative estimate of drug-likeness (QED) is 0.637. The predicted molar refractivity (Wildman–Crippen MR) is 65.7 cm³/mol. The molecule has 0 unspecified atom stereocenters. The van der Waals surface area contributed by atoms with E-state index < -0.39 is 0 Å². The molecule has 4 nitrogen and oxygen atoms in total. The van der Waals surface area contributed by atoms with Gasteiger partial charge in [-0.3, -0.25) is 4.40 Å². The molecule has 0 radical (unpaired) electrons. The Balaban J connectivity index is 2.24. The van der Waals surface area contributed by atoms with Gasteiger partial charge in [0.05, 0.1) is 11.4 Å². The van der Waals surface area contributed by atoms with Crippen molar-refractivity contribution < 1.29 is 0 Å². The minimum Gasteiger partial charge on any atom is -0.285 e. The Bertz CT molecular complexity index is 670. The van der Waals surface area contributed by atoms with Gasteiger partial charge >= 0.3 is 0 Å². The summed E-state index contributed by atoms with van der Waals surface area (Å²) >= 11 is 0. The van der Waals surface area contributed by atoms with Gasteiger partial charge in [-0.15, -0.1) is 5.10 Å². The molecule has 0 fully saturated rings. The highest BCUT2D eigenvalue weighted by Crippen LogP contribution is 2.18. The summed E-state index contributed by atoms with van der Waals surface area (Å²) in [6.45, 7) is 3.97. The van der Waals surface area contributed by atoms with E-state index in [1.165, 1.54) is 0 Å². The minimum atomic E-state index is 0.645. The lowest BCUT2D eigenvalue weighted by atomic mass is 10.2. The van der Waals surface area contributed by atoms with Crippen molar-refractivity contribution in [3.63, 3.8) is 0 Å². The van der Waals surface area contributed by atoms with E-state index in [0.717, 1.165) is 22.6 Å². The van der Waals surface area contributed by atoms with E-state index in [1.807, 2.05) is 54.8 Å². The van der Waals surface area contributed by atoms with Crippen molar-refractivity contribution in [2.75, 3.05) is 0 Å². The van der Waals surface area contributed by atoms with E-state index in [4.69, 9.17) is 0 Å². The lowest BCUT2D eigenvalue weighted by Crippen LogP contribution is -1.99. The fourth-order valence-electron chi connectivity index (χ4n) is 1.80. The fraction of sp³-hybridized carbons (Fsp3) is 0.154. The van der Waals surface area contributed by atoms with Crippen LogP contribution in [0.1, 0.15) is 11.4 Å². The monoisotopic (exact) mass is 224 g/mol. The van der Waals surface area contributed by atoms with Gasteiger partial charge in [0.15, 0.2) is 0 Å². The van der Waals surface area contributed by atoms with Gasteiger partial charge in [-0.05, 0) is 13.8 Å².